The van der Waals surface area contributed by atoms with Crippen LogP contribution < -0.4 is 0 Å². The van der Waals surface area contributed by atoms with E-state index in [0.717, 1.165) is 18.5 Å². The van der Waals surface area contributed by atoms with Crippen LogP contribution in [0.15, 0.2) is 48.5 Å². The Kier molecular flexibility index (Phi) is 4.30. The van der Waals surface area contributed by atoms with Gasteiger partial charge in [-0.25, -0.2) is 0 Å². The largest absolute Gasteiger partial charge is 0.508 e. The highest BCUT2D eigenvalue weighted by atomic mass is 16.3. The van der Waals surface area contributed by atoms with Gasteiger partial charge in [-0.15, -0.1) is 0 Å². The minimum Gasteiger partial charge on any atom is -0.508 e. The van der Waals surface area contributed by atoms with E-state index < -0.39 is 6.10 Å². The number of aromatic hydroxyl groups is 1. The monoisotopic (exact) mass is 323 g/mol. The molecular weight excluding hydrogens is 298 g/mol. The molecule has 2 aromatic carbocycles. The lowest BCUT2D eigenvalue weighted by Crippen LogP contribution is -2.45. The zero-order valence-electron chi connectivity index (χ0n) is 13.9. The third-order valence-corrected chi connectivity index (χ3v) is 5.73. The molecule has 1 aliphatic heterocycles. The summed E-state index contributed by atoms with van der Waals surface area (Å²) in [6.45, 7) is 1.65. The Bertz CT molecular complexity index is 714. The van der Waals surface area contributed by atoms with Gasteiger partial charge in [0.1, 0.15) is 5.75 Å². The molecule has 0 saturated carbocycles. The standard InChI is InChI=1S/C21H25NO2/c23-20-11-4-3-9-17(20)18-12-13-22(14-21(18)24)19-10-5-7-15-6-1-2-8-16(15)19/h1-4,6,8-9,11,18-19,21,23-24H,5,7,10,12-14H2. The summed E-state index contributed by atoms with van der Waals surface area (Å²) in [7, 11) is 0. The first kappa shape index (κ1) is 15.7. The Morgan fingerprint density at radius 3 is 2.46 bits per heavy atom. The number of aliphatic hydroxyl groups is 1. The predicted molar refractivity (Wildman–Crippen MR) is 95.2 cm³/mol. The summed E-state index contributed by atoms with van der Waals surface area (Å²) in [5, 5.41) is 20.8. The first-order valence-corrected chi connectivity index (χ1v) is 9.02. The Hall–Kier alpha value is -1.84. The van der Waals surface area contributed by atoms with E-state index in [2.05, 4.69) is 29.2 Å². The highest BCUT2D eigenvalue weighted by Crippen LogP contribution is 2.39. The van der Waals surface area contributed by atoms with Gasteiger partial charge in [-0.05, 0) is 55.0 Å². The lowest BCUT2D eigenvalue weighted by Gasteiger charge is -2.42. The minimum absolute atomic E-state index is 0.0290. The van der Waals surface area contributed by atoms with E-state index in [0.29, 0.717) is 18.3 Å². The maximum atomic E-state index is 10.7. The van der Waals surface area contributed by atoms with E-state index in [-0.39, 0.29) is 5.92 Å². The number of likely N-dealkylation sites (tertiary alicyclic amines) is 1. The number of β-amino-alcohol motifs (C(OH)–C–C–N with tert-alkyl or cyclic N) is 1. The molecule has 1 saturated heterocycles. The molecule has 0 radical (unpaired) electrons. The second-order valence-electron chi connectivity index (χ2n) is 7.12. The third kappa shape index (κ3) is 2.83. The van der Waals surface area contributed by atoms with E-state index in [1.807, 2.05) is 18.2 Å². The lowest BCUT2D eigenvalue weighted by molar-refractivity contribution is 0.0245. The molecule has 0 spiro atoms. The molecule has 3 atom stereocenters. The SMILES string of the molecule is Oc1ccccc1C1CCN(C2CCCc3ccccc32)CC1O. The quantitative estimate of drug-likeness (QED) is 0.887. The van der Waals surface area contributed by atoms with Gasteiger partial charge in [0.05, 0.1) is 6.10 Å². The fraction of sp³-hybridized carbons (Fsp3) is 0.429. The fourth-order valence-corrected chi connectivity index (χ4v) is 4.51. The van der Waals surface area contributed by atoms with Crippen molar-refractivity contribution >= 4 is 0 Å². The number of para-hydroxylation sites is 1. The number of aryl methyl sites for hydroxylation is 1. The smallest absolute Gasteiger partial charge is 0.119 e. The molecule has 0 aromatic heterocycles. The van der Waals surface area contributed by atoms with Crippen LogP contribution in [0.3, 0.4) is 0 Å². The summed E-state index contributed by atoms with van der Waals surface area (Å²) in [6, 6.07) is 16.6. The van der Waals surface area contributed by atoms with Crippen LogP contribution in [-0.4, -0.2) is 34.3 Å². The van der Waals surface area contributed by atoms with Crippen molar-refractivity contribution in [3.05, 3.63) is 65.2 Å². The summed E-state index contributed by atoms with van der Waals surface area (Å²) in [5.74, 6) is 0.333. The average molecular weight is 323 g/mol. The normalized spacial score (nSPS) is 27.6. The average Bonchev–Trinajstić information content (AvgIpc) is 2.62. The van der Waals surface area contributed by atoms with Crippen molar-refractivity contribution < 1.29 is 10.2 Å². The molecule has 3 heteroatoms. The molecule has 3 unspecified atom stereocenters. The van der Waals surface area contributed by atoms with Crippen LogP contribution in [0.2, 0.25) is 0 Å². The van der Waals surface area contributed by atoms with Gasteiger partial charge in [-0.3, -0.25) is 4.90 Å². The van der Waals surface area contributed by atoms with E-state index >= 15 is 0 Å². The van der Waals surface area contributed by atoms with Gasteiger partial charge >= 0.3 is 0 Å². The summed E-state index contributed by atoms with van der Waals surface area (Å²) in [4.78, 5) is 2.44. The fourth-order valence-electron chi connectivity index (χ4n) is 4.51. The molecule has 4 rings (SSSR count). The zero-order chi connectivity index (χ0) is 16.5. The first-order chi connectivity index (χ1) is 11.7. The van der Waals surface area contributed by atoms with Gasteiger partial charge in [0.2, 0.25) is 0 Å². The molecule has 2 aliphatic rings. The van der Waals surface area contributed by atoms with Crippen molar-refractivity contribution in [3.63, 3.8) is 0 Å². The number of phenols is 1. The van der Waals surface area contributed by atoms with Crippen LogP contribution in [-0.2, 0) is 6.42 Å². The van der Waals surface area contributed by atoms with Crippen molar-refractivity contribution in [2.45, 2.75) is 43.7 Å². The van der Waals surface area contributed by atoms with E-state index in [1.54, 1.807) is 6.07 Å². The Morgan fingerprint density at radius 2 is 1.67 bits per heavy atom. The second-order valence-corrected chi connectivity index (χ2v) is 7.12. The number of piperidine rings is 1. The summed E-state index contributed by atoms with van der Waals surface area (Å²) in [5.41, 5.74) is 3.79. The maximum Gasteiger partial charge on any atom is 0.119 e. The number of benzene rings is 2. The minimum atomic E-state index is -0.430. The number of hydrogen-bond donors (Lipinski definition) is 2. The summed E-state index contributed by atoms with van der Waals surface area (Å²) in [6.07, 6.45) is 4.02. The molecule has 1 heterocycles. The maximum absolute atomic E-state index is 10.7. The number of rotatable bonds is 2. The van der Waals surface area contributed by atoms with Crippen molar-refractivity contribution in [3.8, 4) is 5.75 Å². The van der Waals surface area contributed by atoms with Gasteiger partial charge < -0.3 is 10.2 Å². The highest BCUT2D eigenvalue weighted by Gasteiger charge is 2.35. The van der Waals surface area contributed by atoms with E-state index in [4.69, 9.17) is 0 Å². The van der Waals surface area contributed by atoms with Crippen molar-refractivity contribution in [1.29, 1.82) is 0 Å². The number of phenolic OH excluding ortho intramolecular Hbond substituents is 1. The topological polar surface area (TPSA) is 43.7 Å². The highest BCUT2D eigenvalue weighted by molar-refractivity contribution is 5.36. The van der Waals surface area contributed by atoms with Crippen LogP contribution in [0.4, 0.5) is 0 Å². The van der Waals surface area contributed by atoms with E-state index in [9.17, 15) is 10.2 Å². The number of aliphatic hydroxyl groups excluding tert-OH is 1. The molecule has 126 valence electrons. The van der Waals surface area contributed by atoms with Crippen molar-refractivity contribution in [2.24, 2.45) is 0 Å². The first-order valence-electron chi connectivity index (χ1n) is 9.02. The molecule has 2 N–H and O–H groups in total. The molecule has 0 amide bonds. The van der Waals surface area contributed by atoms with Gasteiger partial charge in [0.25, 0.3) is 0 Å². The molecule has 2 aromatic rings. The molecule has 24 heavy (non-hydrogen) atoms. The van der Waals surface area contributed by atoms with Crippen molar-refractivity contribution in [1.82, 2.24) is 4.90 Å². The molecule has 1 aliphatic carbocycles. The predicted octanol–water partition coefficient (Wildman–Crippen LogP) is 3.62. The van der Waals surface area contributed by atoms with Crippen LogP contribution in [0.25, 0.3) is 0 Å². The van der Waals surface area contributed by atoms with Crippen LogP contribution in [0, 0.1) is 0 Å². The molecular formula is C21H25NO2. The molecule has 3 nitrogen and oxygen atoms in total. The van der Waals surface area contributed by atoms with E-state index in [1.165, 1.54) is 30.4 Å². The van der Waals surface area contributed by atoms with Gasteiger partial charge in [-0.1, -0.05) is 42.5 Å². The number of nitrogens with zero attached hydrogens (tertiary/aromatic N) is 1. The van der Waals surface area contributed by atoms with Gasteiger partial charge in [0.15, 0.2) is 0 Å². The third-order valence-electron chi connectivity index (χ3n) is 5.73. The molecule has 1 fully saturated rings. The second kappa shape index (κ2) is 6.58. The summed E-state index contributed by atoms with van der Waals surface area (Å²) < 4.78 is 0. The molecule has 0 bridgehead atoms. The number of hydrogen-bond acceptors (Lipinski definition) is 3. The van der Waals surface area contributed by atoms with Crippen LogP contribution >= 0.6 is 0 Å². The lowest BCUT2D eigenvalue weighted by atomic mass is 9.82. The Balaban J connectivity index is 1.53. The Labute approximate surface area is 143 Å². The van der Waals surface area contributed by atoms with Crippen LogP contribution in [0.5, 0.6) is 5.75 Å². The van der Waals surface area contributed by atoms with Crippen LogP contribution in [0.1, 0.15) is 47.9 Å². The zero-order valence-corrected chi connectivity index (χ0v) is 13.9. The Morgan fingerprint density at radius 1 is 0.917 bits per heavy atom. The van der Waals surface area contributed by atoms with Crippen molar-refractivity contribution in [2.75, 3.05) is 13.1 Å². The van der Waals surface area contributed by atoms with Gasteiger partial charge in [0, 0.05) is 18.5 Å². The summed E-state index contributed by atoms with van der Waals surface area (Å²) >= 11 is 0. The number of fused-ring (bicyclic) bond motifs is 1. The van der Waals surface area contributed by atoms with Gasteiger partial charge in [-0.2, -0.15) is 0 Å².